The van der Waals surface area contributed by atoms with Gasteiger partial charge in [-0.25, -0.2) is 0 Å². The molecule has 19 heavy (non-hydrogen) atoms. The second-order valence-electron chi connectivity index (χ2n) is 5.20. The number of rotatable bonds is 7. The maximum atomic E-state index is 6.26. The summed E-state index contributed by atoms with van der Waals surface area (Å²) < 4.78 is 12.0. The second kappa shape index (κ2) is 6.40. The quantitative estimate of drug-likeness (QED) is 0.533. The van der Waals surface area contributed by atoms with Crippen LogP contribution in [-0.4, -0.2) is 21.0 Å². The molecule has 2 rings (SSSR count). The van der Waals surface area contributed by atoms with E-state index in [2.05, 4.69) is 20.8 Å². The van der Waals surface area contributed by atoms with E-state index in [1.807, 2.05) is 24.3 Å². The molecule has 2 nitrogen and oxygen atoms in total. The summed E-state index contributed by atoms with van der Waals surface area (Å²) in [6, 6.07) is 11.5. The van der Waals surface area contributed by atoms with Crippen LogP contribution in [-0.2, 0) is 9.16 Å². The molecule has 0 amide bonds. The molecule has 4 heteroatoms. The van der Waals surface area contributed by atoms with Gasteiger partial charge in [-0.2, -0.15) is 0 Å². The van der Waals surface area contributed by atoms with Crippen LogP contribution in [0.4, 0.5) is 0 Å². The van der Waals surface area contributed by atoms with Crippen LogP contribution >= 0.6 is 11.6 Å². The van der Waals surface area contributed by atoms with Gasteiger partial charge in [-0.05, 0) is 35.8 Å². The van der Waals surface area contributed by atoms with Crippen molar-refractivity contribution in [3.63, 3.8) is 0 Å². The number of ether oxygens (including phenoxy) is 1. The average molecular weight is 299 g/mol. The van der Waals surface area contributed by atoms with Crippen molar-refractivity contribution in [1.82, 2.24) is 0 Å². The van der Waals surface area contributed by atoms with Gasteiger partial charge in [0, 0.05) is 5.02 Å². The Balaban J connectivity index is 1.85. The van der Waals surface area contributed by atoms with Crippen LogP contribution in [0.2, 0.25) is 23.2 Å². The molecule has 2 atom stereocenters. The lowest BCUT2D eigenvalue weighted by atomic mass is 10.1. The van der Waals surface area contributed by atoms with Gasteiger partial charge in [0.2, 0.25) is 0 Å². The summed E-state index contributed by atoms with van der Waals surface area (Å²) in [5, 5.41) is 0.770. The van der Waals surface area contributed by atoms with Crippen LogP contribution in [0.3, 0.4) is 0 Å². The summed E-state index contributed by atoms with van der Waals surface area (Å²) >= 11 is 5.89. The van der Waals surface area contributed by atoms with Gasteiger partial charge in [0.15, 0.2) is 8.32 Å². The first-order valence-corrected chi connectivity index (χ1v) is 10.1. The molecule has 1 fully saturated rings. The Labute approximate surface area is 122 Å². The van der Waals surface area contributed by atoms with Gasteiger partial charge in [-0.1, -0.05) is 44.5 Å². The van der Waals surface area contributed by atoms with Crippen molar-refractivity contribution in [3.8, 4) is 0 Å². The average Bonchev–Trinajstić information content (AvgIpc) is 3.21. The minimum Gasteiger partial charge on any atom is -0.414 e. The van der Waals surface area contributed by atoms with Gasteiger partial charge in [0.25, 0.3) is 0 Å². The van der Waals surface area contributed by atoms with Gasteiger partial charge >= 0.3 is 0 Å². The van der Waals surface area contributed by atoms with E-state index in [0.29, 0.717) is 0 Å². The summed E-state index contributed by atoms with van der Waals surface area (Å²) in [7, 11) is -1.48. The van der Waals surface area contributed by atoms with Crippen LogP contribution in [0.25, 0.3) is 0 Å². The molecular weight excluding hydrogens is 276 g/mol. The largest absolute Gasteiger partial charge is 0.414 e. The molecule has 0 N–H and O–H groups in total. The summed E-state index contributed by atoms with van der Waals surface area (Å²) in [6.45, 7) is 7.51. The molecular formula is C15H23ClO2Si. The predicted octanol–water partition coefficient (Wildman–Crippen LogP) is 4.80. The lowest BCUT2D eigenvalue weighted by Crippen LogP contribution is -2.37. The molecule has 0 aromatic heterocycles. The maximum Gasteiger partial charge on any atom is 0.192 e. The Morgan fingerprint density at radius 1 is 1.11 bits per heavy atom. The second-order valence-corrected chi connectivity index (χ2v) is 10.4. The highest BCUT2D eigenvalue weighted by Crippen LogP contribution is 2.40. The Morgan fingerprint density at radius 3 is 2.21 bits per heavy atom. The zero-order valence-corrected chi connectivity index (χ0v) is 13.7. The van der Waals surface area contributed by atoms with E-state index in [9.17, 15) is 0 Å². The molecule has 0 bridgehead atoms. The molecule has 1 heterocycles. The van der Waals surface area contributed by atoms with E-state index in [1.54, 1.807) is 0 Å². The smallest absolute Gasteiger partial charge is 0.192 e. The molecule has 0 spiro atoms. The van der Waals surface area contributed by atoms with Crippen molar-refractivity contribution >= 4 is 19.9 Å². The normalized spacial score (nSPS) is 22.5. The molecule has 1 aliphatic rings. The molecule has 0 unspecified atom stereocenters. The van der Waals surface area contributed by atoms with Gasteiger partial charge in [0.1, 0.15) is 12.2 Å². The number of epoxide rings is 1. The molecule has 106 valence electrons. The summed E-state index contributed by atoms with van der Waals surface area (Å²) in [5.74, 6) is 0. The SMILES string of the molecule is CC[Si](CC)(CC)OC[C@@H]1O[C@@H]1c1ccc(Cl)cc1. The van der Waals surface area contributed by atoms with Gasteiger partial charge in [-0.15, -0.1) is 0 Å². The van der Waals surface area contributed by atoms with E-state index in [4.69, 9.17) is 20.8 Å². The fraction of sp³-hybridized carbons (Fsp3) is 0.600. The van der Waals surface area contributed by atoms with Gasteiger partial charge < -0.3 is 9.16 Å². The first-order valence-electron chi connectivity index (χ1n) is 7.19. The Hall–Kier alpha value is -0.353. The summed E-state index contributed by atoms with van der Waals surface area (Å²) in [4.78, 5) is 0. The number of benzene rings is 1. The van der Waals surface area contributed by atoms with Gasteiger partial charge in [-0.3, -0.25) is 0 Å². The third kappa shape index (κ3) is 3.60. The van der Waals surface area contributed by atoms with Crippen molar-refractivity contribution in [1.29, 1.82) is 0 Å². The molecule has 1 aliphatic heterocycles. The Bertz CT molecular complexity index is 395. The van der Waals surface area contributed by atoms with Gasteiger partial charge in [0.05, 0.1) is 6.61 Å². The molecule has 1 aromatic rings. The van der Waals surface area contributed by atoms with E-state index < -0.39 is 8.32 Å². The predicted molar refractivity (Wildman–Crippen MR) is 82.2 cm³/mol. The molecule has 0 aliphatic carbocycles. The third-order valence-electron chi connectivity index (χ3n) is 4.27. The zero-order valence-electron chi connectivity index (χ0n) is 12.0. The van der Waals surface area contributed by atoms with Crippen LogP contribution in [0.5, 0.6) is 0 Å². The fourth-order valence-electron chi connectivity index (χ4n) is 2.53. The monoisotopic (exact) mass is 298 g/mol. The zero-order chi connectivity index (χ0) is 13.9. The number of hydrogen-bond acceptors (Lipinski definition) is 2. The molecule has 1 saturated heterocycles. The molecule has 0 radical (unpaired) electrons. The van der Waals surface area contributed by atoms with Crippen molar-refractivity contribution in [3.05, 3.63) is 34.9 Å². The number of halogens is 1. The van der Waals surface area contributed by atoms with Crippen LogP contribution < -0.4 is 0 Å². The first kappa shape index (κ1) is 15.0. The highest BCUT2D eigenvalue weighted by Gasteiger charge is 2.42. The minimum atomic E-state index is -1.48. The molecule has 1 aromatic carbocycles. The van der Waals surface area contributed by atoms with E-state index in [0.717, 1.165) is 11.6 Å². The van der Waals surface area contributed by atoms with Crippen LogP contribution in [0.15, 0.2) is 24.3 Å². The van der Waals surface area contributed by atoms with Crippen molar-refractivity contribution in [2.45, 2.75) is 51.1 Å². The lowest BCUT2D eigenvalue weighted by Gasteiger charge is -2.27. The van der Waals surface area contributed by atoms with E-state index >= 15 is 0 Å². The highest BCUT2D eigenvalue weighted by molar-refractivity contribution is 6.73. The highest BCUT2D eigenvalue weighted by atomic mass is 35.5. The van der Waals surface area contributed by atoms with Crippen molar-refractivity contribution < 1.29 is 9.16 Å². The Morgan fingerprint density at radius 2 is 1.68 bits per heavy atom. The standard InChI is InChI=1S/C15H23ClO2Si/c1-4-19(5-2,6-3)17-11-14-15(18-14)12-7-9-13(16)10-8-12/h7-10,14-15H,4-6,11H2,1-3H3/t14-,15+/m0/s1. The van der Waals surface area contributed by atoms with Crippen LogP contribution in [0.1, 0.15) is 32.4 Å². The summed E-state index contributed by atoms with van der Waals surface area (Å²) in [5.41, 5.74) is 1.20. The first-order chi connectivity index (χ1) is 9.14. The number of hydrogen-bond donors (Lipinski definition) is 0. The Kier molecular flexibility index (Phi) is 5.07. The van der Waals surface area contributed by atoms with Crippen molar-refractivity contribution in [2.75, 3.05) is 6.61 Å². The van der Waals surface area contributed by atoms with E-state index in [-0.39, 0.29) is 12.2 Å². The lowest BCUT2D eigenvalue weighted by molar-refractivity contribution is 0.248. The molecule has 0 saturated carbocycles. The van der Waals surface area contributed by atoms with Crippen LogP contribution in [0, 0.1) is 0 Å². The third-order valence-corrected chi connectivity index (χ3v) is 9.16. The van der Waals surface area contributed by atoms with Crippen molar-refractivity contribution in [2.24, 2.45) is 0 Å². The fourth-order valence-corrected chi connectivity index (χ4v) is 5.29. The maximum absolute atomic E-state index is 6.26. The summed E-state index contributed by atoms with van der Waals surface area (Å²) in [6.07, 6.45) is 0.437. The minimum absolute atomic E-state index is 0.203. The topological polar surface area (TPSA) is 21.8 Å². The van der Waals surface area contributed by atoms with E-state index in [1.165, 1.54) is 23.7 Å².